The van der Waals surface area contributed by atoms with Crippen molar-refractivity contribution in [2.45, 2.75) is 45.7 Å². The summed E-state index contributed by atoms with van der Waals surface area (Å²) >= 11 is 0. The van der Waals surface area contributed by atoms with E-state index < -0.39 is 0 Å². The largest absolute Gasteiger partial charge is 0.341 e. The van der Waals surface area contributed by atoms with Crippen molar-refractivity contribution in [2.24, 2.45) is 0 Å². The summed E-state index contributed by atoms with van der Waals surface area (Å²) in [4.78, 5) is 14.5. The summed E-state index contributed by atoms with van der Waals surface area (Å²) in [6, 6.07) is 2.35. The Morgan fingerprint density at radius 2 is 2.05 bits per heavy atom. The van der Waals surface area contributed by atoms with Crippen molar-refractivity contribution in [3.05, 3.63) is 17.5 Å². The molecule has 2 rings (SSSR count). The van der Waals surface area contributed by atoms with Gasteiger partial charge >= 0.3 is 0 Å². The van der Waals surface area contributed by atoms with Crippen molar-refractivity contribution in [1.29, 1.82) is 0 Å². The average molecular weight is 264 g/mol. The SMILES string of the molecule is CNC1CCN(C(=O)[C@H](C)n2nc(C)cc2C)CC1. The van der Waals surface area contributed by atoms with Gasteiger partial charge in [-0.3, -0.25) is 9.48 Å². The molecule has 0 bridgehead atoms. The van der Waals surface area contributed by atoms with Gasteiger partial charge in [-0.2, -0.15) is 5.10 Å². The van der Waals surface area contributed by atoms with E-state index in [0.717, 1.165) is 37.3 Å². The first-order valence-electron chi connectivity index (χ1n) is 7.01. The zero-order valence-electron chi connectivity index (χ0n) is 12.3. The summed E-state index contributed by atoms with van der Waals surface area (Å²) in [6.45, 7) is 7.57. The molecule has 0 unspecified atom stereocenters. The molecule has 19 heavy (non-hydrogen) atoms. The summed E-state index contributed by atoms with van der Waals surface area (Å²) in [6.07, 6.45) is 2.07. The molecular weight excluding hydrogens is 240 g/mol. The van der Waals surface area contributed by atoms with E-state index >= 15 is 0 Å². The van der Waals surface area contributed by atoms with E-state index in [1.165, 1.54) is 0 Å². The van der Waals surface area contributed by atoms with Gasteiger partial charge in [0.25, 0.3) is 0 Å². The fourth-order valence-electron chi connectivity index (χ4n) is 2.80. The molecule has 106 valence electrons. The molecule has 0 radical (unpaired) electrons. The Morgan fingerprint density at radius 1 is 1.42 bits per heavy atom. The number of piperidine rings is 1. The molecule has 5 heteroatoms. The van der Waals surface area contributed by atoms with Crippen molar-refractivity contribution < 1.29 is 4.79 Å². The molecule has 1 N–H and O–H groups in total. The average Bonchev–Trinajstić information content (AvgIpc) is 2.76. The highest BCUT2D eigenvalue weighted by Gasteiger charge is 2.27. The molecule has 0 aromatic carbocycles. The summed E-state index contributed by atoms with van der Waals surface area (Å²) in [5.74, 6) is 0.181. The molecule has 1 aliphatic heterocycles. The van der Waals surface area contributed by atoms with Crippen LogP contribution in [0.5, 0.6) is 0 Å². The van der Waals surface area contributed by atoms with Gasteiger partial charge in [-0.1, -0.05) is 0 Å². The minimum Gasteiger partial charge on any atom is -0.341 e. The smallest absolute Gasteiger partial charge is 0.247 e. The fraction of sp³-hybridized carbons (Fsp3) is 0.714. The number of amides is 1. The third-order valence-corrected chi connectivity index (χ3v) is 3.98. The number of nitrogens with zero attached hydrogens (tertiary/aromatic N) is 3. The fourth-order valence-corrected chi connectivity index (χ4v) is 2.80. The van der Waals surface area contributed by atoms with Gasteiger partial charge in [-0.05, 0) is 46.7 Å². The van der Waals surface area contributed by atoms with Crippen LogP contribution >= 0.6 is 0 Å². The molecule has 1 saturated heterocycles. The third kappa shape index (κ3) is 2.97. The lowest BCUT2D eigenvalue weighted by Crippen LogP contribution is -2.46. The number of hydrogen-bond donors (Lipinski definition) is 1. The van der Waals surface area contributed by atoms with E-state index in [2.05, 4.69) is 10.4 Å². The normalized spacial score (nSPS) is 18.6. The second-order valence-corrected chi connectivity index (χ2v) is 5.44. The summed E-state index contributed by atoms with van der Waals surface area (Å²) in [5, 5.41) is 7.70. The molecule has 0 aliphatic carbocycles. The minimum atomic E-state index is -0.208. The van der Waals surface area contributed by atoms with Crippen LogP contribution in [0, 0.1) is 13.8 Å². The van der Waals surface area contributed by atoms with Gasteiger partial charge in [0.15, 0.2) is 0 Å². The topological polar surface area (TPSA) is 50.2 Å². The third-order valence-electron chi connectivity index (χ3n) is 3.98. The van der Waals surface area contributed by atoms with Crippen molar-refractivity contribution in [2.75, 3.05) is 20.1 Å². The van der Waals surface area contributed by atoms with E-state index in [9.17, 15) is 4.79 Å². The van der Waals surface area contributed by atoms with Crippen molar-refractivity contribution in [1.82, 2.24) is 20.0 Å². The Balaban J connectivity index is 2.02. The van der Waals surface area contributed by atoms with E-state index in [4.69, 9.17) is 0 Å². The van der Waals surface area contributed by atoms with Crippen molar-refractivity contribution in [3.63, 3.8) is 0 Å². The molecule has 1 amide bonds. The lowest BCUT2D eigenvalue weighted by atomic mass is 10.0. The number of carbonyl (C=O) groups excluding carboxylic acids is 1. The number of carbonyl (C=O) groups is 1. The van der Waals surface area contributed by atoms with Gasteiger partial charge in [0.1, 0.15) is 6.04 Å². The van der Waals surface area contributed by atoms with E-state index in [1.54, 1.807) is 0 Å². The first kappa shape index (κ1) is 14.1. The van der Waals surface area contributed by atoms with E-state index in [-0.39, 0.29) is 11.9 Å². The molecule has 1 atom stereocenters. The Bertz CT molecular complexity index is 446. The molecule has 1 aromatic rings. The van der Waals surface area contributed by atoms with Gasteiger partial charge < -0.3 is 10.2 Å². The maximum absolute atomic E-state index is 12.5. The van der Waals surface area contributed by atoms with E-state index in [1.807, 2.05) is 43.5 Å². The van der Waals surface area contributed by atoms with Gasteiger partial charge in [-0.15, -0.1) is 0 Å². The Labute approximate surface area is 115 Å². The summed E-state index contributed by atoms with van der Waals surface area (Å²) < 4.78 is 1.84. The molecule has 1 aromatic heterocycles. The van der Waals surface area contributed by atoms with Gasteiger partial charge in [0.2, 0.25) is 5.91 Å². The number of nitrogens with one attached hydrogen (secondary N) is 1. The highest BCUT2D eigenvalue weighted by molar-refractivity contribution is 5.80. The Kier molecular flexibility index (Phi) is 4.24. The quantitative estimate of drug-likeness (QED) is 0.894. The van der Waals surface area contributed by atoms with Crippen LogP contribution in [0.4, 0.5) is 0 Å². The lowest BCUT2D eigenvalue weighted by molar-refractivity contribution is -0.135. The predicted molar refractivity (Wildman–Crippen MR) is 75.1 cm³/mol. The first-order valence-corrected chi connectivity index (χ1v) is 7.01. The van der Waals surface area contributed by atoms with Crippen LogP contribution in [0.1, 0.15) is 37.2 Å². The summed E-state index contributed by atoms with van der Waals surface area (Å²) in [5.41, 5.74) is 2.01. The number of hydrogen-bond acceptors (Lipinski definition) is 3. The molecule has 0 spiro atoms. The van der Waals surface area contributed by atoms with Crippen molar-refractivity contribution in [3.8, 4) is 0 Å². The van der Waals surface area contributed by atoms with Gasteiger partial charge in [0.05, 0.1) is 5.69 Å². The molecule has 2 heterocycles. The second kappa shape index (κ2) is 5.74. The maximum Gasteiger partial charge on any atom is 0.247 e. The maximum atomic E-state index is 12.5. The monoisotopic (exact) mass is 264 g/mol. The Hall–Kier alpha value is -1.36. The van der Waals surface area contributed by atoms with Crippen LogP contribution in [-0.2, 0) is 4.79 Å². The minimum absolute atomic E-state index is 0.181. The molecule has 5 nitrogen and oxygen atoms in total. The van der Waals surface area contributed by atoms with Gasteiger partial charge in [0, 0.05) is 24.8 Å². The first-order chi connectivity index (χ1) is 9.02. The van der Waals surface area contributed by atoms with Crippen LogP contribution in [0.25, 0.3) is 0 Å². The summed E-state index contributed by atoms with van der Waals surface area (Å²) in [7, 11) is 1.99. The Morgan fingerprint density at radius 3 is 2.53 bits per heavy atom. The molecule has 1 fully saturated rings. The zero-order valence-corrected chi connectivity index (χ0v) is 12.3. The van der Waals surface area contributed by atoms with Crippen LogP contribution in [0.2, 0.25) is 0 Å². The zero-order chi connectivity index (χ0) is 14.0. The van der Waals surface area contributed by atoms with Gasteiger partial charge in [-0.25, -0.2) is 0 Å². The van der Waals surface area contributed by atoms with Crippen LogP contribution in [0.15, 0.2) is 6.07 Å². The number of aryl methyl sites for hydroxylation is 2. The standard InChI is InChI=1S/C14H24N4O/c1-10-9-11(2)18(16-10)12(3)14(19)17-7-5-13(15-4)6-8-17/h9,12-13,15H,5-8H2,1-4H3/t12-/m0/s1. The lowest BCUT2D eigenvalue weighted by Gasteiger charge is -2.33. The molecular formula is C14H24N4O. The molecule has 0 saturated carbocycles. The molecule has 1 aliphatic rings. The highest BCUT2D eigenvalue weighted by atomic mass is 16.2. The number of likely N-dealkylation sites (tertiary alicyclic amines) is 1. The van der Waals surface area contributed by atoms with Crippen LogP contribution < -0.4 is 5.32 Å². The highest BCUT2D eigenvalue weighted by Crippen LogP contribution is 2.17. The number of rotatable bonds is 3. The van der Waals surface area contributed by atoms with Crippen molar-refractivity contribution >= 4 is 5.91 Å². The number of aromatic nitrogens is 2. The van der Waals surface area contributed by atoms with Crippen LogP contribution in [0.3, 0.4) is 0 Å². The second-order valence-electron chi connectivity index (χ2n) is 5.44. The predicted octanol–water partition coefficient (Wildman–Crippen LogP) is 1.27. The van der Waals surface area contributed by atoms with E-state index in [0.29, 0.717) is 6.04 Å². The van der Waals surface area contributed by atoms with Crippen LogP contribution in [-0.4, -0.2) is 46.8 Å².